The van der Waals surface area contributed by atoms with Crippen molar-refractivity contribution in [1.82, 2.24) is 9.97 Å². The molecule has 0 radical (unpaired) electrons. The molecule has 1 atom stereocenters. The Morgan fingerprint density at radius 2 is 1.94 bits per heavy atom. The number of nitrogens with one attached hydrogen (secondary N) is 1. The van der Waals surface area contributed by atoms with Gasteiger partial charge in [-0.15, -0.1) is 0 Å². The maximum absolute atomic E-state index is 5.11. The van der Waals surface area contributed by atoms with Crippen LogP contribution in [-0.4, -0.2) is 17.1 Å². The van der Waals surface area contributed by atoms with Crippen molar-refractivity contribution in [2.24, 2.45) is 0 Å². The van der Waals surface area contributed by atoms with Gasteiger partial charge >= 0.3 is 0 Å². The molecule has 0 bridgehead atoms. The van der Waals surface area contributed by atoms with Gasteiger partial charge in [-0.1, -0.05) is 0 Å². The topological polar surface area (TPSA) is 47.0 Å². The van der Waals surface area contributed by atoms with Crippen LogP contribution in [0.15, 0.2) is 42.9 Å². The summed E-state index contributed by atoms with van der Waals surface area (Å²) in [6.07, 6.45) is 5.13. The minimum absolute atomic E-state index is 0.122. The van der Waals surface area contributed by atoms with Crippen LogP contribution in [0.4, 0.5) is 5.69 Å². The molecule has 0 amide bonds. The van der Waals surface area contributed by atoms with E-state index in [1.165, 1.54) is 0 Å². The molecule has 2 aromatic rings. The van der Waals surface area contributed by atoms with Crippen LogP contribution in [0.5, 0.6) is 5.75 Å². The molecule has 88 valence electrons. The van der Waals surface area contributed by atoms with E-state index in [2.05, 4.69) is 15.3 Å². The van der Waals surface area contributed by atoms with Crippen LogP contribution in [-0.2, 0) is 0 Å². The van der Waals surface area contributed by atoms with Crippen LogP contribution in [0, 0.1) is 0 Å². The van der Waals surface area contributed by atoms with Crippen LogP contribution < -0.4 is 10.1 Å². The number of rotatable bonds is 4. The second-order valence-corrected chi connectivity index (χ2v) is 3.72. The molecule has 1 heterocycles. The van der Waals surface area contributed by atoms with Gasteiger partial charge in [-0.2, -0.15) is 0 Å². The summed E-state index contributed by atoms with van der Waals surface area (Å²) in [6.45, 7) is 2.05. The molecule has 0 saturated carbocycles. The van der Waals surface area contributed by atoms with E-state index in [-0.39, 0.29) is 6.04 Å². The molecule has 0 aliphatic heterocycles. The van der Waals surface area contributed by atoms with Gasteiger partial charge in [0.25, 0.3) is 0 Å². The normalized spacial score (nSPS) is 11.9. The van der Waals surface area contributed by atoms with Crippen LogP contribution in [0.3, 0.4) is 0 Å². The van der Waals surface area contributed by atoms with E-state index in [0.29, 0.717) is 0 Å². The molecule has 4 heteroatoms. The summed E-state index contributed by atoms with van der Waals surface area (Å²) in [4.78, 5) is 8.31. The molecular formula is C13H15N3O. The second-order valence-electron chi connectivity index (χ2n) is 3.72. The zero-order chi connectivity index (χ0) is 12.1. The monoisotopic (exact) mass is 229 g/mol. The Kier molecular flexibility index (Phi) is 3.55. The minimum Gasteiger partial charge on any atom is -0.497 e. The highest BCUT2D eigenvalue weighted by atomic mass is 16.5. The summed E-state index contributed by atoms with van der Waals surface area (Å²) in [5.74, 6) is 0.850. The summed E-state index contributed by atoms with van der Waals surface area (Å²) >= 11 is 0. The quantitative estimate of drug-likeness (QED) is 0.875. The molecule has 0 aliphatic rings. The lowest BCUT2D eigenvalue weighted by atomic mass is 10.2. The highest BCUT2D eigenvalue weighted by Crippen LogP contribution is 2.19. The summed E-state index contributed by atoms with van der Waals surface area (Å²) < 4.78 is 5.11. The number of benzene rings is 1. The molecule has 0 fully saturated rings. The van der Waals surface area contributed by atoms with Gasteiger partial charge in [-0.05, 0) is 31.2 Å². The Labute approximate surface area is 101 Å². The molecule has 0 spiro atoms. The number of hydrogen-bond donors (Lipinski definition) is 1. The van der Waals surface area contributed by atoms with Crippen molar-refractivity contribution < 1.29 is 4.74 Å². The van der Waals surface area contributed by atoms with Crippen molar-refractivity contribution in [3.8, 4) is 5.75 Å². The summed E-state index contributed by atoms with van der Waals surface area (Å²) in [6, 6.07) is 7.92. The van der Waals surface area contributed by atoms with E-state index < -0.39 is 0 Å². The van der Waals surface area contributed by atoms with Gasteiger partial charge in [0.05, 0.1) is 25.0 Å². The summed E-state index contributed by atoms with van der Waals surface area (Å²) in [7, 11) is 1.66. The Balaban J connectivity index is 2.05. The van der Waals surface area contributed by atoms with Crippen LogP contribution in [0.2, 0.25) is 0 Å². The van der Waals surface area contributed by atoms with Crippen molar-refractivity contribution in [3.63, 3.8) is 0 Å². The second kappa shape index (κ2) is 5.30. The van der Waals surface area contributed by atoms with E-state index in [1.54, 1.807) is 25.7 Å². The highest BCUT2D eigenvalue weighted by molar-refractivity contribution is 5.47. The molecule has 0 saturated heterocycles. The van der Waals surface area contributed by atoms with Crippen LogP contribution in [0.25, 0.3) is 0 Å². The van der Waals surface area contributed by atoms with Crippen molar-refractivity contribution in [2.45, 2.75) is 13.0 Å². The number of anilines is 1. The Morgan fingerprint density at radius 3 is 2.53 bits per heavy atom. The Hall–Kier alpha value is -2.10. The molecule has 1 unspecified atom stereocenters. The smallest absolute Gasteiger partial charge is 0.119 e. The lowest BCUT2D eigenvalue weighted by Crippen LogP contribution is -2.08. The fourth-order valence-electron chi connectivity index (χ4n) is 1.55. The highest BCUT2D eigenvalue weighted by Gasteiger charge is 2.06. The molecule has 17 heavy (non-hydrogen) atoms. The van der Waals surface area contributed by atoms with E-state index in [4.69, 9.17) is 4.74 Å². The van der Waals surface area contributed by atoms with Gasteiger partial charge in [0.2, 0.25) is 0 Å². The van der Waals surface area contributed by atoms with Gasteiger partial charge in [0.1, 0.15) is 5.75 Å². The van der Waals surface area contributed by atoms with E-state index in [1.807, 2.05) is 31.2 Å². The number of aromatic nitrogens is 2. The molecular weight excluding hydrogens is 214 g/mol. The van der Waals surface area contributed by atoms with Crippen molar-refractivity contribution >= 4 is 5.69 Å². The largest absolute Gasteiger partial charge is 0.497 e. The standard InChI is InChI=1S/C13H15N3O/c1-10(13-9-14-7-8-15-13)16-11-3-5-12(17-2)6-4-11/h3-10,16H,1-2H3. The predicted octanol–water partition coefficient (Wildman–Crippen LogP) is 2.66. The lowest BCUT2D eigenvalue weighted by molar-refractivity contribution is 0.415. The fraction of sp³-hybridized carbons (Fsp3) is 0.231. The SMILES string of the molecule is COc1ccc(NC(C)c2cnccn2)cc1. The number of nitrogens with zero attached hydrogens (tertiary/aromatic N) is 2. The lowest BCUT2D eigenvalue weighted by Gasteiger charge is -2.14. The van der Waals surface area contributed by atoms with Crippen LogP contribution >= 0.6 is 0 Å². The van der Waals surface area contributed by atoms with Gasteiger partial charge in [-0.25, -0.2) is 0 Å². The number of methoxy groups -OCH3 is 1. The number of hydrogen-bond acceptors (Lipinski definition) is 4. The third-order valence-corrected chi connectivity index (χ3v) is 2.50. The molecule has 1 aromatic heterocycles. The van der Waals surface area contributed by atoms with E-state index in [0.717, 1.165) is 17.1 Å². The molecule has 4 nitrogen and oxygen atoms in total. The minimum atomic E-state index is 0.122. The van der Waals surface area contributed by atoms with E-state index >= 15 is 0 Å². The van der Waals surface area contributed by atoms with Gasteiger partial charge in [0.15, 0.2) is 0 Å². The maximum Gasteiger partial charge on any atom is 0.119 e. The zero-order valence-electron chi connectivity index (χ0n) is 9.92. The average molecular weight is 229 g/mol. The summed E-state index contributed by atoms with van der Waals surface area (Å²) in [5.41, 5.74) is 1.95. The maximum atomic E-state index is 5.11. The third-order valence-electron chi connectivity index (χ3n) is 2.50. The third kappa shape index (κ3) is 2.93. The predicted molar refractivity (Wildman–Crippen MR) is 67.1 cm³/mol. The molecule has 1 aromatic carbocycles. The molecule has 1 N–H and O–H groups in total. The van der Waals surface area contributed by atoms with Crippen molar-refractivity contribution in [3.05, 3.63) is 48.5 Å². The molecule has 0 aliphatic carbocycles. The van der Waals surface area contributed by atoms with E-state index in [9.17, 15) is 0 Å². The number of ether oxygens (including phenoxy) is 1. The average Bonchev–Trinajstić information content (AvgIpc) is 2.40. The summed E-state index contributed by atoms with van der Waals surface area (Å²) in [5, 5.41) is 3.35. The Bertz CT molecular complexity index is 456. The van der Waals surface area contributed by atoms with Gasteiger partial charge in [-0.3, -0.25) is 9.97 Å². The zero-order valence-corrected chi connectivity index (χ0v) is 9.92. The first-order valence-corrected chi connectivity index (χ1v) is 5.46. The van der Waals surface area contributed by atoms with Crippen molar-refractivity contribution in [1.29, 1.82) is 0 Å². The first kappa shape index (κ1) is 11.4. The first-order valence-electron chi connectivity index (χ1n) is 5.46. The first-order chi connectivity index (χ1) is 8.29. The van der Waals surface area contributed by atoms with Crippen LogP contribution in [0.1, 0.15) is 18.7 Å². The van der Waals surface area contributed by atoms with Gasteiger partial charge in [0, 0.05) is 18.1 Å². The Morgan fingerprint density at radius 1 is 1.18 bits per heavy atom. The molecule has 2 rings (SSSR count). The van der Waals surface area contributed by atoms with Gasteiger partial charge < -0.3 is 10.1 Å². The van der Waals surface area contributed by atoms with Crippen molar-refractivity contribution in [2.75, 3.05) is 12.4 Å². The fourth-order valence-corrected chi connectivity index (χ4v) is 1.55.